The molecule has 1 aromatic rings. The van der Waals surface area contributed by atoms with E-state index in [1.165, 1.54) is 0 Å². The number of carbonyl (C=O) groups excluding carboxylic acids is 1. The van der Waals surface area contributed by atoms with Gasteiger partial charge in [-0.3, -0.25) is 0 Å². The Morgan fingerprint density at radius 2 is 1.93 bits per heavy atom. The Labute approximate surface area is 85.5 Å². The van der Waals surface area contributed by atoms with E-state index >= 15 is 0 Å². The van der Waals surface area contributed by atoms with Crippen LogP contribution in [0.2, 0.25) is 0 Å². The van der Waals surface area contributed by atoms with Gasteiger partial charge in [0, 0.05) is 0 Å². The van der Waals surface area contributed by atoms with Crippen LogP contribution < -0.4 is 0 Å². The molecule has 1 heteroatoms. The highest BCUT2D eigenvalue weighted by Crippen LogP contribution is 2.25. The average Bonchev–Trinajstić information content (AvgIpc) is 2.27. The topological polar surface area (TPSA) is 17.1 Å². The SMILES string of the molecule is CC=CCC(C)(C=O)c1ccccc1. The third-order valence-electron chi connectivity index (χ3n) is 2.47. The second kappa shape index (κ2) is 4.75. The highest BCUT2D eigenvalue weighted by molar-refractivity contribution is 5.68. The van der Waals surface area contributed by atoms with Crippen LogP contribution in [0.25, 0.3) is 0 Å². The second-order valence-electron chi connectivity index (χ2n) is 3.67. The predicted octanol–water partition coefficient (Wildman–Crippen LogP) is 3.11. The average molecular weight is 188 g/mol. The molecule has 14 heavy (non-hydrogen) atoms. The molecule has 74 valence electrons. The molecule has 0 heterocycles. The third-order valence-corrected chi connectivity index (χ3v) is 2.47. The van der Waals surface area contributed by atoms with Gasteiger partial charge >= 0.3 is 0 Å². The maximum absolute atomic E-state index is 11.1. The van der Waals surface area contributed by atoms with Gasteiger partial charge in [0.1, 0.15) is 6.29 Å². The number of rotatable bonds is 4. The normalized spacial score (nSPS) is 15.3. The van der Waals surface area contributed by atoms with E-state index in [9.17, 15) is 4.79 Å². The zero-order valence-corrected chi connectivity index (χ0v) is 8.73. The number of carbonyl (C=O) groups is 1. The molecule has 1 rings (SSSR count). The Kier molecular flexibility index (Phi) is 3.63. The summed E-state index contributed by atoms with van der Waals surface area (Å²) in [5.41, 5.74) is 0.696. The number of benzene rings is 1. The number of aldehydes is 1. The molecule has 0 bridgehead atoms. The molecule has 0 aliphatic rings. The maximum atomic E-state index is 11.1. The molecule has 1 aromatic carbocycles. The molecule has 1 unspecified atom stereocenters. The summed E-state index contributed by atoms with van der Waals surface area (Å²) < 4.78 is 0. The largest absolute Gasteiger partial charge is 0.302 e. The van der Waals surface area contributed by atoms with E-state index < -0.39 is 0 Å². The van der Waals surface area contributed by atoms with Crippen LogP contribution in [0.3, 0.4) is 0 Å². The van der Waals surface area contributed by atoms with Crippen LogP contribution in [0.4, 0.5) is 0 Å². The number of hydrogen-bond donors (Lipinski definition) is 0. The van der Waals surface area contributed by atoms with E-state index in [1.54, 1.807) is 0 Å². The Morgan fingerprint density at radius 1 is 1.29 bits per heavy atom. The standard InChI is InChI=1S/C13H16O/c1-3-4-10-13(2,11-14)12-8-6-5-7-9-12/h3-9,11H,10H2,1-2H3. The minimum atomic E-state index is -0.381. The molecular formula is C13H16O. The summed E-state index contributed by atoms with van der Waals surface area (Å²) >= 11 is 0. The van der Waals surface area contributed by atoms with E-state index in [0.29, 0.717) is 0 Å². The molecule has 0 saturated heterocycles. The highest BCUT2D eigenvalue weighted by Gasteiger charge is 2.23. The molecule has 0 N–H and O–H groups in total. The van der Waals surface area contributed by atoms with Gasteiger partial charge in [-0.25, -0.2) is 0 Å². The molecule has 0 radical (unpaired) electrons. The van der Waals surface area contributed by atoms with Gasteiger partial charge in [-0.15, -0.1) is 0 Å². The van der Waals surface area contributed by atoms with Gasteiger partial charge in [0.25, 0.3) is 0 Å². The fourth-order valence-corrected chi connectivity index (χ4v) is 1.42. The Morgan fingerprint density at radius 3 is 2.43 bits per heavy atom. The Balaban J connectivity index is 2.95. The molecule has 0 aliphatic heterocycles. The molecule has 1 atom stereocenters. The first-order valence-corrected chi connectivity index (χ1v) is 4.86. The first-order chi connectivity index (χ1) is 6.73. The van der Waals surface area contributed by atoms with Gasteiger partial charge in [0.15, 0.2) is 0 Å². The lowest BCUT2D eigenvalue weighted by Crippen LogP contribution is -2.22. The zero-order chi connectivity index (χ0) is 10.4. The van der Waals surface area contributed by atoms with Gasteiger partial charge in [-0.1, -0.05) is 42.5 Å². The van der Waals surface area contributed by atoms with E-state index in [0.717, 1.165) is 18.3 Å². The lowest BCUT2D eigenvalue weighted by atomic mass is 9.81. The second-order valence-corrected chi connectivity index (χ2v) is 3.67. The van der Waals surface area contributed by atoms with Crippen molar-refractivity contribution in [3.63, 3.8) is 0 Å². The summed E-state index contributed by atoms with van der Waals surface area (Å²) in [5.74, 6) is 0. The van der Waals surface area contributed by atoms with Crippen molar-refractivity contribution in [3.8, 4) is 0 Å². The van der Waals surface area contributed by atoms with E-state index in [2.05, 4.69) is 0 Å². The van der Waals surface area contributed by atoms with Gasteiger partial charge in [0.05, 0.1) is 5.41 Å². The highest BCUT2D eigenvalue weighted by atomic mass is 16.1. The van der Waals surface area contributed by atoms with Crippen molar-refractivity contribution in [2.75, 3.05) is 0 Å². The van der Waals surface area contributed by atoms with Gasteiger partial charge in [-0.2, -0.15) is 0 Å². The summed E-state index contributed by atoms with van der Waals surface area (Å²) in [6, 6.07) is 9.89. The van der Waals surface area contributed by atoms with Crippen LogP contribution >= 0.6 is 0 Å². The van der Waals surface area contributed by atoms with Crippen LogP contribution in [0.15, 0.2) is 42.5 Å². The summed E-state index contributed by atoms with van der Waals surface area (Å²) in [6.45, 7) is 3.94. The lowest BCUT2D eigenvalue weighted by molar-refractivity contribution is -0.112. The summed E-state index contributed by atoms with van der Waals surface area (Å²) in [4.78, 5) is 11.1. The summed E-state index contributed by atoms with van der Waals surface area (Å²) in [7, 11) is 0. The number of hydrogen-bond acceptors (Lipinski definition) is 1. The molecule has 0 saturated carbocycles. The summed E-state index contributed by atoms with van der Waals surface area (Å²) in [5, 5.41) is 0. The first kappa shape index (κ1) is 10.7. The van der Waals surface area contributed by atoms with Crippen molar-refractivity contribution in [2.24, 2.45) is 0 Å². The van der Waals surface area contributed by atoms with Crippen LogP contribution in [0.5, 0.6) is 0 Å². The molecule has 0 aliphatic carbocycles. The Bertz CT molecular complexity index is 313. The zero-order valence-electron chi connectivity index (χ0n) is 8.73. The van der Waals surface area contributed by atoms with Gasteiger partial charge in [0.2, 0.25) is 0 Å². The van der Waals surface area contributed by atoms with E-state index in [4.69, 9.17) is 0 Å². The molecule has 0 spiro atoms. The predicted molar refractivity (Wildman–Crippen MR) is 59.3 cm³/mol. The van der Waals surface area contributed by atoms with E-state index in [-0.39, 0.29) is 5.41 Å². The summed E-state index contributed by atoms with van der Waals surface area (Å²) in [6.07, 6.45) is 5.80. The fourth-order valence-electron chi connectivity index (χ4n) is 1.42. The van der Waals surface area contributed by atoms with Crippen molar-refractivity contribution in [1.82, 2.24) is 0 Å². The maximum Gasteiger partial charge on any atom is 0.130 e. The molecule has 0 aromatic heterocycles. The quantitative estimate of drug-likeness (QED) is 0.524. The molecular weight excluding hydrogens is 172 g/mol. The molecule has 1 nitrogen and oxygen atoms in total. The minimum absolute atomic E-state index is 0.381. The van der Waals surface area contributed by atoms with Crippen LogP contribution in [0.1, 0.15) is 25.8 Å². The smallest absolute Gasteiger partial charge is 0.130 e. The van der Waals surface area contributed by atoms with Crippen molar-refractivity contribution in [3.05, 3.63) is 48.0 Å². The first-order valence-electron chi connectivity index (χ1n) is 4.86. The lowest BCUT2D eigenvalue weighted by Gasteiger charge is -2.21. The van der Waals surface area contributed by atoms with Crippen molar-refractivity contribution >= 4 is 6.29 Å². The molecule has 0 fully saturated rings. The Hall–Kier alpha value is -1.37. The van der Waals surface area contributed by atoms with E-state index in [1.807, 2.05) is 56.3 Å². The van der Waals surface area contributed by atoms with Gasteiger partial charge in [-0.05, 0) is 25.8 Å². The minimum Gasteiger partial charge on any atom is -0.302 e. The number of allylic oxidation sites excluding steroid dienone is 2. The van der Waals surface area contributed by atoms with Crippen molar-refractivity contribution < 1.29 is 4.79 Å². The van der Waals surface area contributed by atoms with Crippen LogP contribution in [-0.2, 0) is 10.2 Å². The third kappa shape index (κ3) is 2.32. The fraction of sp³-hybridized carbons (Fsp3) is 0.308. The van der Waals surface area contributed by atoms with Crippen molar-refractivity contribution in [1.29, 1.82) is 0 Å². The van der Waals surface area contributed by atoms with Gasteiger partial charge < -0.3 is 4.79 Å². The van der Waals surface area contributed by atoms with Crippen molar-refractivity contribution in [2.45, 2.75) is 25.7 Å². The monoisotopic (exact) mass is 188 g/mol. The molecule has 0 amide bonds. The van der Waals surface area contributed by atoms with Crippen LogP contribution in [0, 0.1) is 0 Å². The van der Waals surface area contributed by atoms with Crippen LogP contribution in [-0.4, -0.2) is 6.29 Å².